The van der Waals surface area contributed by atoms with Gasteiger partial charge in [0, 0.05) is 17.9 Å². The predicted octanol–water partition coefficient (Wildman–Crippen LogP) is 3.85. The maximum Gasteiger partial charge on any atom is 0.317 e. The molecule has 0 spiro atoms. The molecule has 1 atom stereocenters. The normalized spacial score (nSPS) is 13.1. The van der Waals surface area contributed by atoms with Crippen molar-refractivity contribution in [1.82, 2.24) is 4.98 Å². The van der Waals surface area contributed by atoms with Gasteiger partial charge in [0.1, 0.15) is 17.0 Å². The molecular formula is C17H18F2N2O4S. The summed E-state index contributed by atoms with van der Waals surface area (Å²) in [6.45, 7) is 3.36. The summed E-state index contributed by atoms with van der Waals surface area (Å²) >= 11 is 1.12. The van der Waals surface area contributed by atoms with Gasteiger partial charge in [-0.25, -0.2) is 13.8 Å². The van der Waals surface area contributed by atoms with E-state index in [1.807, 2.05) is 0 Å². The van der Waals surface area contributed by atoms with Crippen LogP contribution < -0.4 is 5.32 Å². The van der Waals surface area contributed by atoms with Crippen LogP contribution in [0.1, 0.15) is 32.4 Å². The number of carbonyl (C=O) groups excluding carboxylic acids is 1. The molecule has 2 aromatic rings. The third-order valence-corrected chi connectivity index (χ3v) is 4.56. The first-order valence-corrected chi connectivity index (χ1v) is 8.71. The van der Waals surface area contributed by atoms with Crippen LogP contribution in [-0.2, 0) is 19.7 Å². The van der Waals surface area contributed by atoms with E-state index in [4.69, 9.17) is 9.84 Å². The largest absolute Gasteiger partial charge is 0.481 e. The lowest BCUT2D eigenvalue weighted by Gasteiger charge is -2.24. The third kappa shape index (κ3) is 4.54. The highest BCUT2D eigenvalue weighted by molar-refractivity contribution is 7.13. The molecule has 9 heteroatoms. The van der Waals surface area contributed by atoms with Gasteiger partial charge in [-0.3, -0.25) is 9.59 Å². The molecule has 0 saturated heterocycles. The Balaban J connectivity index is 2.27. The van der Waals surface area contributed by atoms with Crippen LogP contribution in [-0.4, -0.2) is 28.6 Å². The van der Waals surface area contributed by atoms with Crippen molar-refractivity contribution in [2.45, 2.75) is 32.1 Å². The van der Waals surface area contributed by atoms with Crippen molar-refractivity contribution in [3.05, 3.63) is 40.9 Å². The quantitative estimate of drug-likeness (QED) is 0.672. The number of halogens is 2. The standard InChI is InChI=1S/C17H18F2N2O4S/c1-3-25-15(24)17(2,7-6-14(22)23)13-9-26-16(21-13)20-12-5-4-10(18)8-11(12)19/h4-5,8-9H,3,6-7H2,1-2H3,(H,20,21)(H,22,23). The number of carbonyl (C=O) groups is 2. The number of esters is 1. The Kier molecular flexibility index (Phi) is 6.25. The van der Waals surface area contributed by atoms with Crippen molar-refractivity contribution in [3.63, 3.8) is 0 Å². The van der Waals surface area contributed by atoms with Crippen LogP contribution >= 0.6 is 11.3 Å². The Morgan fingerprint density at radius 3 is 2.73 bits per heavy atom. The molecule has 26 heavy (non-hydrogen) atoms. The molecule has 6 nitrogen and oxygen atoms in total. The number of hydrogen-bond donors (Lipinski definition) is 2. The minimum Gasteiger partial charge on any atom is -0.481 e. The van der Waals surface area contributed by atoms with E-state index in [-0.39, 0.29) is 30.3 Å². The highest BCUT2D eigenvalue weighted by atomic mass is 32.1. The van der Waals surface area contributed by atoms with E-state index in [2.05, 4.69) is 10.3 Å². The third-order valence-electron chi connectivity index (χ3n) is 3.81. The molecule has 1 unspecified atom stereocenters. The number of carboxylic acid groups (broad SMARTS) is 1. The number of thiazole rings is 1. The zero-order valence-electron chi connectivity index (χ0n) is 14.2. The molecular weight excluding hydrogens is 366 g/mol. The highest BCUT2D eigenvalue weighted by Gasteiger charge is 2.39. The number of benzene rings is 1. The Labute approximate surface area is 152 Å². The first kappa shape index (κ1) is 19.8. The lowest BCUT2D eigenvalue weighted by atomic mass is 9.82. The second-order valence-electron chi connectivity index (χ2n) is 5.73. The fourth-order valence-electron chi connectivity index (χ4n) is 2.27. The lowest BCUT2D eigenvalue weighted by Crippen LogP contribution is -2.35. The maximum absolute atomic E-state index is 13.8. The van der Waals surface area contributed by atoms with Gasteiger partial charge in [0.2, 0.25) is 0 Å². The molecule has 0 aliphatic carbocycles. The molecule has 0 radical (unpaired) electrons. The monoisotopic (exact) mass is 384 g/mol. The van der Waals surface area contributed by atoms with Crippen molar-refractivity contribution in [2.24, 2.45) is 0 Å². The zero-order chi connectivity index (χ0) is 19.3. The molecule has 0 bridgehead atoms. The summed E-state index contributed by atoms with van der Waals surface area (Å²) in [6.07, 6.45) is -0.225. The van der Waals surface area contributed by atoms with E-state index in [0.717, 1.165) is 23.5 Å². The number of nitrogens with zero attached hydrogens (tertiary/aromatic N) is 1. The van der Waals surface area contributed by atoms with Crippen LogP contribution in [0.3, 0.4) is 0 Å². The summed E-state index contributed by atoms with van der Waals surface area (Å²) in [6, 6.07) is 3.09. The van der Waals surface area contributed by atoms with Gasteiger partial charge in [-0.2, -0.15) is 0 Å². The van der Waals surface area contributed by atoms with Gasteiger partial charge >= 0.3 is 11.9 Å². The van der Waals surface area contributed by atoms with Gasteiger partial charge in [-0.05, 0) is 32.4 Å². The number of ether oxygens (including phenoxy) is 1. The first-order chi connectivity index (χ1) is 12.3. The van der Waals surface area contributed by atoms with E-state index >= 15 is 0 Å². The average molecular weight is 384 g/mol. The van der Waals surface area contributed by atoms with Gasteiger partial charge in [0.25, 0.3) is 0 Å². The summed E-state index contributed by atoms with van der Waals surface area (Å²) in [5, 5.41) is 13.5. The SMILES string of the molecule is CCOC(=O)C(C)(CCC(=O)O)c1csc(Nc2ccc(F)cc2F)n1. The fourth-order valence-corrected chi connectivity index (χ4v) is 3.13. The van der Waals surface area contributed by atoms with Crippen LogP contribution in [0.5, 0.6) is 0 Å². The first-order valence-electron chi connectivity index (χ1n) is 7.83. The van der Waals surface area contributed by atoms with Crippen molar-refractivity contribution in [2.75, 3.05) is 11.9 Å². The molecule has 2 N–H and O–H groups in total. The van der Waals surface area contributed by atoms with E-state index in [0.29, 0.717) is 5.69 Å². The topological polar surface area (TPSA) is 88.5 Å². The number of anilines is 2. The molecule has 1 aromatic heterocycles. The minimum absolute atomic E-state index is 0.00918. The van der Waals surface area contributed by atoms with Crippen molar-refractivity contribution in [3.8, 4) is 0 Å². The van der Waals surface area contributed by atoms with Gasteiger partial charge in [-0.1, -0.05) is 0 Å². The van der Waals surface area contributed by atoms with Gasteiger partial charge in [0.05, 0.1) is 18.0 Å². The molecule has 0 amide bonds. The van der Waals surface area contributed by atoms with Crippen molar-refractivity contribution >= 4 is 34.1 Å². The molecule has 2 rings (SSSR count). The number of hydrogen-bond acceptors (Lipinski definition) is 6. The van der Waals surface area contributed by atoms with E-state index < -0.39 is 29.0 Å². The molecule has 0 saturated carbocycles. The van der Waals surface area contributed by atoms with Gasteiger partial charge in [-0.15, -0.1) is 11.3 Å². The van der Waals surface area contributed by atoms with E-state index in [1.165, 1.54) is 6.07 Å². The Morgan fingerprint density at radius 1 is 1.38 bits per heavy atom. The molecule has 1 heterocycles. The zero-order valence-corrected chi connectivity index (χ0v) is 15.0. The Hall–Kier alpha value is -2.55. The molecule has 0 aliphatic rings. The van der Waals surface area contributed by atoms with E-state index in [9.17, 15) is 18.4 Å². The van der Waals surface area contributed by atoms with E-state index in [1.54, 1.807) is 19.2 Å². The molecule has 0 fully saturated rings. The number of aliphatic carboxylic acids is 1. The Bertz CT molecular complexity index is 812. The summed E-state index contributed by atoms with van der Waals surface area (Å²) in [4.78, 5) is 27.6. The average Bonchev–Trinajstić information content (AvgIpc) is 3.04. The highest BCUT2D eigenvalue weighted by Crippen LogP contribution is 2.34. The number of aromatic nitrogens is 1. The lowest BCUT2D eigenvalue weighted by molar-refractivity contribution is -0.150. The van der Waals surface area contributed by atoms with Crippen LogP contribution in [0, 0.1) is 11.6 Å². The summed E-state index contributed by atoms with van der Waals surface area (Å²) < 4.78 is 31.8. The summed E-state index contributed by atoms with van der Waals surface area (Å²) in [5.41, 5.74) is -0.880. The molecule has 140 valence electrons. The second kappa shape index (κ2) is 8.22. The van der Waals surface area contributed by atoms with Gasteiger partial charge < -0.3 is 15.2 Å². The number of rotatable bonds is 8. The second-order valence-corrected chi connectivity index (χ2v) is 6.59. The summed E-state index contributed by atoms with van der Waals surface area (Å²) in [5.74, 6) is -3.09. The predicted molar refractivity (Wildman–Crippen MR) is 92.6 cm³/mol. The van der Waals surface area contributed by atoms with Crippen LogP contribution in [0.2, 0.25) is 0 Å². The minimum atomic E-state index is -1.24. The number of carboxylic acids is 1. The molecule has 1 aromatic carbocycles. The van der Waals surface area contributed by atoms with Gasteiger partial charge in [0.15, 0.2) is 5.13 Å². The molecule has 0 aliphatic heterocycles. The smallest absolute Gasteiger partial charge is 0.317 e. The van der Waals surface area contributed by atoms with Crippen LogP contribution in [0.15, 0.2) is 23.6 Å². The fraction of sp³-hybridized carbons (Fsp3) is 0.353. The maximum atomic E-state index is 13.8. The Morgan fingerprint density at radius 2 is 2.12 bits per heavy atom. The van der Waals surface area contributed by atoms with Crippen LogP contribution in [0.25, 0.3) is 0 Å². The van der Waals surface area contributed by atoms with Crippen molar-refractivity contribution < 1.29 is 28.2 Å². The number of nitrogens with one attached hydrogen (secondary N) is 1. The van der Waals surface area contributed by atoms with Crippen LogP contribution in [0.4, 0.5) is 19.6 Å². The van der Waals surface area contributed by atoms with Crippen molar-refractivity contribution in [1.29, 1.82) is 0 Å². The summed E-state index contributed by atoms with van der Waals surface area (Å²) in [7, 11) is 0.